The average molecular weight is 273 g/mol. The van der Waals surface area contributed by atoms with Crippen LogP contribution >= 0.6 is 0 Å². The van der Waals surface area contributed by atoms with Crippen LogP contribution < -0.4 is 4.74 Å². The Morgan fingerprint density at radius 1 is 1.40 bits per heavy atom. The second kappa shape index (κ2) is 4.96. The van der Waals surface area contributed by atoms with Gasteiger partial charge in [0, 0.05) is 24.5 Å². The molecule has 0 spiro atoms. The Morgan fingerprint density at radius 2 is 2.25 bits per heavy atom. The number of pyridine rings is 1. The highest BCUT2D eigenvalue weighted by Gasteiger charge is 2.27. The standard InChI is InChI=1S/C14H15N3O3/c1-9-6-10(8-15-7-9)12-11(14(18)19)13-17(16-12)4-2-3-5-20-13/h6-8H,2-5H2,1H3,(H,18,19). The molecule has 1 aliphatic rings. The Balaban J connectivity index is 2.18. The summed E-state index contributed by atoms with van der Waals surface area (Å²) < 4.78 is 7.22. The van der Waals surface area contributed by atoms with E-state index in [9.17, 15) is 9.90 Å². The molecule has 0 amide bonds. The number of aromatic carboxylic acids is 1. The van der Waals surface area contributed by atoms with Crippen LogP contribution in [0.25, 0.3) is 11.3 Å². The van der Waals surface area contributed by atoms with E-state index in [4.69, 9.17) is 4.74 Å². The minimum Gasteiger partial charge on any atom is -0.477 e. The lowest BCUT2D eigenvalue weighted by molar-refractivity contribution is 0.0693. The van der Waals surface area contributed by atoms with Gasteiger partial charge in [-0.3, -0.25) is 4.98 Å². The van der Waals surface area contributed by atoms with Crippen molar-refractivity contribution in [3.05, 3.63) is 29.6 Å². The van der Waals surface area contributed by atoms with Gasteiger partial charge in [0.1, 0.15) is 11.3 Å². The van der Waals surface area contributed by atoms with Crippen molar-refractivity contribution in [2.75, 3.05) is 6.61 Å². The minimum absolute atomic E-state index is 0.124. The third-order valence-electron chi connectivity index (χ3n) is 3.27. The lowest BCUT2D eigenvalue weighted by Crippen LogP contribution is -2.04. The van der Waals surface area contributed by atoms with Crippen molar-refractivity contribution in [3.8, 4) is 17.1 Å². The second-order valence-corrected chi connectivity index (χ2v) is 4.86. The number of ether oxygens (including phenoxy) is 1. The topological polar surface area (TPSA) is 77.2 Å². The van der Waals surface area contributed by atoms with E-state index in [1.54, 1.807) is 17.1 Å². The largest absolute Gasteiger partial charge is 0.477 e. The van der Waals surface area contributed by atoms with Crippen molar-refractivity contribution in [3.63, 3.8) is 0 Å². The van der Waals surface area contributed by atoms with Crippen LogP contribution in [0.5, 0.6) is 5.88 Å². The van der Waals surface area contributed by atoms with Crippen LogP contribution in [0.15, 0.2) is 18.5 Å². The Hall–Kier alpha value is -2.37. The number of carboxylic acids is 1. The molecule has 0 saturated heterocycles. The maximum atomic E-state index is 11.6. The molecule has 0 radical (unpaired) electrons. The number of hydrogen-bond donors (Lipinski definition) is 1. The fourth-order valence-electron chi connectivity index (χ4n) is 2.36. The summed E-state index contributed by atoms with van der Waals surface area (Å²) in [6, 6.07) is 1.88. The Bertz CT molecular complexity index is 664. The fraction of sp³-hybridized carbons (Fsp3) is 0.357. The van der Waals surface area contributed by atoms with Crippen LogP contribution in [0, 0.1) is 6.92 Å². The SMILES string of the molecule is Cc1cncc(-c2nn3c(c2C(=O)O)OCCCC3)c1. The molecule has 2 aromatic rings. The zero-order valence-corrected chi connectivity index (χ0v) is 11.2. The molecule has 3 heterocycles. The van der Waals surface area contributed by atoms with Crippen molar-refractivity contribution >= 4 is 5.97 Å². The molecule has 104 valence electrons. The Morgan fingerprint density at radius 3 is 3.00 bits per heavy atom. The highest BCUT2D eigenvalue weighted by Crippen LogP contribution is 2.32. The van der Waals surface area contributed by atoms with E-state index in [2.05, 4.69) is 10.1 Å². The molecule has 0 aromatic carbocycles. The van der Waals surface area contributed by atoms with Gasteiger partial charge in [-0.25, -0.2) is 9.48 Å². The van der Waals surface area contributed by atoms with E-state index < -0.39 is 5.97 Å². The highest BCUT2D eigenvalue weighted by molar-refractivity contribution is 5.97. The summed E-state index contributed by atoms with van der Waals surface area (Å²) in [5, 5.41) is 13.9. The van der Waals surface area contributed by atoms with Crippen LogP contribution in [-0.2, 0) is 6.54 Å². The second-order valence-electron chi connectivity index (χ2n) is 4.86. The first-order valence-corrected chi connectivity index (χ1v) is 6.56. The summed E-state index contributed by atoms with van der Waals surface area (Å²) >= 11 is 0. The molecule has 1 aliphatic heterocycles. The molecule has 0 saturated carbocycles. The van der Waals surface area contributed by atoms with Gasteiger partial charge in [-0.2, -0.15) is 5.10 Å². The van der Waals surface area contributed by atoms with Crippen LogP contribution in [0.4, 0.5) is 0 Å². The normalized spacial score (nSPS) is 14.2. The first-order valence-electron chi connectivity index (χ1n) is 6.56. The Kier molecular flexibility index (Phi) is 3.14. The van der Waals surface area contributed by atoms with Gasteiger partial charge in [-0.1, -0.05) is 0 Å². The molecule has 0 bridgehead atoms. The number of aromatic nitrogens is 3. The summed E-state index contributed by atoms with van der Waals surface area (Å²) in [5.41, 5.74) is 2.21. The summed E-state index contributed by atoms with van der Waals surface area (Å²) in [6.07, 6.45) is 5.19. The zero-order chi connectivity index (χ0) is 14.1. The van der Waals surface area contributed by atoms with Crippen LogP contribution in [0.2, 0.25) is 0 Å². The van der Waals surface area contributed by atoms with Crippen LogP contribution in [0.1, 0.15) is 28.8 Å². The van der Waals surface area contributed by atoms with Gasteiger partial charge in [-0.15, -0.1) is 0 Å². The molecule has 1 N–H and O–H groups in total. The molecule has 6 heteroatoms. The van der Waals surface area contributed by atoms with Gasteiger partial charge in [0.05, 0.1) is 6.61 Å². The summed E-state index contributed by atoms with van der Waals surface area (Å²) in [6.45, 7) is 3.11. The molecular formula is C14H15N3O3. The van der Waals surface area contributed by atoms with E-state index in [0.717, 1.165) is 18.4 Å². The maximum absolute atomic E-state index is 11.6. The van der Waals surface area contributed by atoms with Crippen molar-refractivity contribution < 1.29 is 14.6 Å². The number of hydrogen-bond acceptors (Lipinski definition) is 4. The van der Waals surface area contributed by atoms with E-state index >= 15 is 0 Å². The lowest BCUT2D eigenvalue weighted by Gasteiger charge is -2.04. The van der Waals surface area contributed by atoms with Crippen LogP contribution in [0.3, 0.4) is 0 Å². The van der Waals surface area contributed by atoms with Crippen LogP contribution in [-0.4, -0.2) is 32.4 Å². The van der Waals surface area contributed by atoms with Gasteiger partial charge in [0.15, 0.2) is 0 Å². The molecular weight excluding hydrogens is 258 g/mol. The maximum Gasteiger partial charge on any atom is 0.343 e. The van der Waals surface area contributed by atoms with Gasteiger partial charge < -0.3 is 9.84 Å². The number of aryl methyl sites for hydroxylation is 2. The average Bonchev–Trinajstić information content (AvgIpc) is 2.63. The predicted molar refractivity (Wildman–Crippen MR) is 71.9 cm³/mol. The van der Waals surface area contributed by atoms with E-state index in [1.165, 1.54) is 0 Å². The number of fused-ring (bicyclic) bond motifs is 1. The molecule has 0 unspecified atom stereocenters. The van der Waals surface area contributed by atoms with Gasteiger partial charge >= 0.3 is 5.97 Å². The number of carboxylic acid groups (broad SMARTS) is 1. The number of nitrogens with zero attached hydrogens (tertiary/aromatic N) is 3. The first-order chi connectivity index (χ1) is 9.66. The molecule has 6 nitrogen and oxygen atoms in total. The van der Waals surface area contributed by atoms with Crippen molar-refractivity contribution in [2.45, 2.75) is 26.3 Å². The molecule has 2 aromatic heterocycles. The van der Waals surface area contributed by atoms with E-state index in [1.807, 2.05) is 13.0 Å². The lowest BCUT2D eigenvalue weighted by atomic mass is 10.1. The monoisotopic (exact) mass is 273 g/mol. The molecule has 0 aliphatic carbocycles. The van der Waals surface area contributed by atoms with Crippen molar-refractivity contribution in [1.29, 1.82) is 0 Å². The van der Waals surface area contributed by atoms with Crippen molar-refractivity contribution in [2.24, 2.45) is 0 Å². The quantitative estimate of drug-likeness (QED) is 0.906. The van der Waals surface area contributed by atoms with Gasteiger partial charge in [0.2, 0.25) is 5.88 Å². The molecule has 3 rings (SSSR count). The fourth-order valence-corrected chi connectivity index (χ4v) is 2.36. The molecule has 0 fully saturated rings. The summed E-state index contributed by atoms with van der Waals surface area (Å²) in [7, 11) is 0. The molecule has 20 heavy (non-hydrogen) atoms. The summed E-state index contributed by atoms with van der Waals surface area (Å²) in [5.74, 6) is -0.670. The third kappa shape index (κ3) is 2.13. The Labute approximate surface area is 116 Å². The predicted octanol–water partition coefficient (Wildman–Crippen LogP) is 2.12. The van der Waals surface area contributed by atoms with Gasteiger partial charge in [0.25, 0.3) is 0 Å². The number of rotatable bonds is 2. The number of carbonyl (C=O) groups is 1. The van der Waals surface area contributed by atoms with Gasteiger partial charge in [-0.05, 0) is 31.4 Å². The minimum atomic E-state index is -1.02. The first kappa shape index (κ1) is 12.7. The molecule has 0 atom stereocenters. The van der Waals surface area contributed by atoms with E-state index in [0.29, 0.717) is 30.3 Å². The zero-order valence-electron chi connectivity index (χ0n) is 11.2. The summed E-state index contributed by atoms with van der Waals surface area (Å²) in [4.78, 5) is 15.7. The highest BCUT2D eigenvalue weighted by atomic mass is 16.5. The third-order valence-corrected chi connectivity index (χ3v) is 3.27. The smallest absolute Gasteiger partial charge is 0.343 e. The van der Waals surface area contributed by atoms with Crippen molar-refractivity contribution in [1.82, 2.24) is 14.8 Å². The van der Waals surface area contributed by atoms with E-state index in [-0.39, 0.29) is 5.56 Å².